The molecule has 0 fully saturated rings. The van der Waals surface area contributed by atoms with Crippen LogP contribution in [0.3, 0.4) is 0 Å². The summed E-state index contributed by atoms with van der Waals surface area (Å²) in [6.45, 7) is 1.91. The Kier molecular flexibility index (Phi) is 7.50. The van der Waals surface area contributed by atoms with E-state index in [-0.39, 0.29) is 18.3 Å². The average molecular weight is 291 g/mol. The number of amides is 1. The first-order chi connectivity index (χ1) is 10.1. The molecule has 21 heavy (non-hydrogen) atoms. The Morgan fingerprint density at radius 1 is 1.24 bits per heavy atom. The van der Waals surface area contributed by atoms with Crippen molar-refractivity contribution in [1.29, 1.82) is 0 Å². The predicted molar refractivity (Wildman–Crippen MR) is 78.0 cm³/mol. The van der Waals surface area contributed by atoms with Crippen molar-refractivity contribution in [3.63, 3.8) is 0 Å². The topological polar surface area (TPSA) is 55.4 Å². The molecular formula is C16H18FNO3. The van der Waals surface area contributed by atoms with Crippen LogP contribution in [0.1, 0.15) is 12.5 Å². The lowest BCUT2D eigenvalue weighted by Gasteiger charge is -2.05. The van der Waals surface area contributed by atoms with E-state index in [0.717, 1.165) is 5.56 Å². The van der Waals surface area contributed by atoms with Gasteiger partial charge in [-0.15, -0.1) is 0 Å². The number of esters is 1. The Bertz CT molecular complexity index is 521. The van der Waals surface area contributed by atoms with E-state index in [2.05, 4.69) is 5.32 Å². The maximum atomic E-state index is 12.7. The molecule has 0 unspecified atom stereocenters. The summed E-state index contributed by atoms with van der Waals surface area (Å²) >= 11 is 0. The summed E-state index contributed by atoms with van der Waals surface area (Å²) in [5, 5.41) is 2.62. The van der Waals surface area contributed by atoms with Gasteiger partial charge < -0.3 is 10.1 Å². The third-order valence-electron chi connectivity index (χ3n) is 2.53. The van der Waals surface area contributed by atoms with Gasteiger partial charge in [-0.05, 0) is 31.0 Å². The van der Waals surface area contributed by atoms with Crippen LogP contribution < -0.4 is 5.32 Å². The predicted octanol–water partition coefficient (Wildman–Crippen LogP) is 2.16. The van der Waals surface area contributed by atoms with E-state index in [9.17, 15) is 14.0 Å². The van der Waals surface area contributed by atoms with Gasteiger partial charge in [0.1, 0.15) is 5.82 Å². The molecule has 5 heteroatoms. The Morgan fingerprint density at radius 3 is 2.62 bits per heavy atom. The Morgan fingerprint density at radius 2 is 1.95 bits per heavy atom. The molecule has 4 nitrogen and oxygen atoms in total. The largest absolute Gasteiger partial charge is 0.452 e. The smallest absolute Gasteiger partial charge is 0.331 e. The molecule has 0 saturated heterocycles. The second kappa shape index (κ2) is 9.47. The van der Waals surface area contributed by atoms with E-state index in [0.29, 0.717) is 13.0 Å². The molecule has 0 bridgehead atoms. The lowest BCUT2D eigenvalue weighted by Crippen LogP contribution is -2.30. The van der Waals surface area contributed by atoms with E-state index in [1.54, 1.807) is 24.3 Å². The molecule has 1 aromatic carbocycles. The highest BCUT2D eigenvalue weighted by Gasteiger charge is 2.04. The van der Waals surface area contributed by atoms with Crippen molar-refractivity contribution in [2.45, 2.75) is 13.3 Å². The number of allylic oxidation sites excluding steroid dienone is 3. The molecule has 0 radical (unpaired) electrons. The molecule has 1 aromatic rings. The zero-order valence-electron chi connectivity index (χ0n) is 11.8. The second-order valence-corrected chi connectivity index (χ2v) is 4.22. The van der Waals surface area contributed by atoms with Gasteiger partial charge in [0.05, 0.1) is 0 Å². The molecule has 1 N–H and O–H groups in total. The van der Waals surface area contributed by atoms with Crippen molar-refractivity contribution in [2.75, 3.05) is 13.2 Å². The van der Waals surface area contributed by atoms with Gasteiger partial charge in [0.15, 0.2) is 6.61 Å². The van der Waals surface area contributed by atoms with E-state index < -0.39 is 5.97 Å². The van der Waals surface area contributed by atoms with Gasteiger partial charge in [0.25, 0.3) is 5.91 Å². The second-order valence-electron chi connectivity index (χ2n) is 4.22. The van der Waals surface area contributed by atoms with Gasteiger partial charge in [-0.3, -0.25) is 4.79 Å². The van der Waals surface area contributed by atoms with E-state index >= 15 is 0 Å². The summed E-state index contributed by atoms with van der Waals surface area (Å²) in [4.78, 5) is 22.6. The van der Waals surface area contributed by atoms with Gasteiger partial charge in [-0.1, -0.05) is 30.4 Å². The zero-order chi connectivity index (χ0) is 15.5. The van der Waals surface area contributed by atoms with Crippen molar-refractivity contribution >= 4 is 11.9 Å². The maximum Gasteiger partial charge on any atom is 0.331 e. The first-order valence-electron chi connectivity index (χ1n) is 6.59. The summed E-state index contributed by atoms with van der Waals surface area (Å²) in [7, 11) is 0. The minimum Gasteiger partial charge on any atom is -0.452 e. The number of nitrogens with one attached hydrogen (secondary N) is 1. The van der Waals surface area contributed by atoms with Crippen LogP contribution in [0.2, 0.25) is 0 Å². The Labute approximate surface area is 123 Å². The monoisotopic (exact) mass is 291 g/mol. The van der Waals surface area contributed by atoms with Crippen LogP contribution in [-0.4, -0.2) is 25.0 Å². The zero-order valence-corrected chi connectivity index (χ0v) is 11.8. The highest BCUT2D eigenvalue weighted by Crippen LogP contribution is 2.02. The fourth-order valence-corrected chi connectivity index (χ4v) is 1.48. The van der Waals surface area contributed by atoms with Crippen molar-refractivity contribution in [1.82, 2.24) is 5.32 Å². The van der Waals surface area contributed by atoms with Gasteiger partial charge in [0.2, 0.25) is 0 Å². The number of rotatable bonds is 7. The van der Waals surface area contributed by atoms with E-state index in [1.165, 1.54) is 24.3 Å². The van der Waals surface area contributed by atoms with Crippen LogP contribution in [0.25, 0.3) is 0 Å². The van der Waals surface area contributed by atoms with Crippen LogP contribution in [0.5, 0.6) is 0 Å². The summed E-state index contributed by atoms with van der Waals surface area (Å²) < 4.78 is 17.4. The molecule has 112 valence electrons. The normalized spacial score (nSPS) is 11.0. The maximum absolute atomic E-state index is 12.7. The van der Waals surface area contributed by atoms with Crippen molar-refractivity contribution in [3.05, 3.63) is 60.0 Å². The molecule has 0 spiro atoms. The molecule has 0 aliphatic rings. The van der Waals surface area contributed by atoms with Crippen LogP contribution in [-0.2, 0) is 20.7 Å². The molecule has 0 atom stereocenters. The summed E-state index contributed by atoms with van der Waals surface area (Å²) in [6.07, 6.45) is 6.82. The minimum absolute atomic E-state index is 0.291. The minimum atomic E-state index is -0.568. The number of benzene rings is 1. The first-order valence-corrected chi connectivity index (χ1v) is 6.59. The van der Waals surface area contributed by atoms with Crippen LogP contribution >= 0.6 is 0 Å². The highest BCUT2D eigenvalue weighted by atomic mass is 19.1. The summed E-state index contributed by atoms with van der Waals surface area (Å²) in [5.74, 6) is -1.23. The van der Waals surface area contributed by atoms with Crippen LogP contribution in [0.15, 0.2) is 48.6 Å². The standard InChI is InChI=1S/C16H18FNO3/c1-2-3-4-5-16(20)21-12-15(19)18-11-10-13-6-8-14(17)9-7-13/h2-9H,10-12H2,1H3,(H,18,19)/b3-2+,5-4+. The highest BCUT2D eigenvalue weighted by molar-refractivity contribution is 5.85. The van der Waals surface area contributed by atoms with E-state index in [1.807, 2.05) is 6.92 Å². The number of hydrogen-bond acceptors (Lipinski definition) is 3. The molecule has 0 heterocycles. The molecule has 0 aliphatic heterocycles. The molecule has 1 amide bonds. The fraction of sp³-hybridized carbons (Fsp3) is 0.250. The number of hydrogen-bond donors (Lipinski definition) is 1. The lowest BCUT2D eigenvalue weighted by molar-refractivity contribution is -0.143. The van der Waals surface area contributed by atoms with Crippen LogP contribution in [0.4, 0.5) is 4.39 Å². The summed E-state index contributed by atoms with van der Waals surface area (Å²) in [5.41, 5.74) is 0.919. The Hall–Kier alpha value is -2.43. The van der Waals surface area contributed by atoms with Crippen molar-refractivity contribution in [3.8, 4) is 0 Å². The van der Waals surface area contributed by atoms with Crippen LogP contribution in [0, 0.1) is 5.82 Å². The number of carbonyl (C=O) groups is 2. The average Bonchev–Trinajstić information content (AvgIpc) is 2.47. The Balaban J connectivity index is 2.19. The number of ether oxygens (including phenoxy) is 1. The van der Waals surface area contributed by atoms with Gasteiger partial charge in [-0.2, -0.15) is 0 Å². The molecule has 0 saturated carbocycles. The third kappa shape index (κ3) is 7.67. The summed E-state index contributed by atoms with van der Waals surface area (Å²) in [6, 6.07) is 6.06. The fourth-order valence-electron chi connectivity index (χ4n) is 1.48. The SMILES string of the molecule is C/C=C/C=C/C(=O)OCC(=O)NCCc1ccc(F)cc1. The number of halogens is 1. The molecule has 0 aliphatic carbocycles. The van der Waals surface area contributed by atoms with Crippen molar-refractivity contribution < 1.29 is 18.7 Å². The molecular weight excluding hydrogens is 273 g/mol. The van der Waals surface area contributed by atoms with Gasteiger partial charge in [-0.25, -0.2) is 9.18 Å². The number of carbonyl (C=O) groups excluding carboxylic acids is 2. The quantitative estimate of drug-likeness (QED) is 0.476. The first kappa shape index (κ1) is 16.6. The van der Waals surface area contributed by atoms with Gasteiger partial charge in [0, 0.05) is 12.6 Å². The third-order valence-corrected chi connectivity index (χ3v) is 2.53. The van der Waals surface area contributed by atoms with E-state index in [4.69, 9.17) is 4.74 Å². The molecule has 0 aromatic heterocycles. The molecule has 1 rings (SSSR count). The van der Waals surface area contributed by atoms with Crippen molar-refractivity contribution in [2.24, 2.45) is 0 Å². The lowest BCUT2D eigenvalue weighted by atomic mass is 10.1. The van der Waals surface area contributed by atoms with Gasteiger partial charge >= 0.3 is 5.97 Å².